The molecule has 1 atom stereocenters. The Morgan fingerprint density at radius 3 is 2.68 bits per heavy atom. The highest BCUT2D eigenvalue weighted by molar-refractivity contribution is 6.07. The van der Waals surface area contributed by atoms with Gasteiger partial charge in [0.25, 0.3) is 11.8 Å². The number of hydrogen-bond donors (Lipinski definition) is 1. The van der Waals surface area contributed by atoms with Crippen molar-refractivity contribution in [3.63, 3.8) is 0 Å². The van der Waals surface area contributed by atoms with Gasteiger partial charge in [-0.15, -0.1) is 0 Å². The number of fused-ring (bicyclic) bond motifs is 1. The summed E-state index contributed by atoms with van der Waals surface area (Å²) in [6, 6.07) is 7.37. The first-order valence-corrected chi connectivity index (χ1v) is 12.1. The molecule has 1 aliphatic rings. The number of hydrogen-bond acceptors (Lipinski definition) is 6. The highest BCUT2D eigenvalue weighted by atomic mass is 19.3. The third-order valence-corrected chi connectivity index (χ3v) is 6.11. The maximum atomic E-state index is 15.0. The van der Waals surface area contributed by atoms with Gasteiger partial charge in [0.15, 0.2) is 0 Å². The maximum absolute atomic E-state index is 15.0. The van der Waals surface area contributed by atoms with Crippen LogP contribution in [0.1, 0.15) is 54.6 Å². The van der Waals surface area contributed by atoms with Crippen LogP contribution in [0.15, 0.2) is 40.9 Å². The largest absolute Gasteiger partial charge is 0.487 e. The van der Waals surface area contributed by atoms with E-state index in [-0.39, 0.29) is 25.1 Å². The zero-order valence-corrected chi connectivity index (χ0v) is 21.6. The molecule has 198 valence electrons. The van der Waals surface area contributed by atoms with E-state index in [1.165, 1.54) is 0 Å². The van der Waals surface area contributed by atoms with Crippen molar-refractivity contribution < 1.29 is 32.3 Å². The van der Waals surface area contributed by atoms with Crippen LogP contribution in [0.2, 0.25) is 0 Å². The molecular formula is C27H31F2N3O5. The molecule has 3 aromatic rings. The highest BCUT2D eigenvalue weighted by Crippen LogP contribution is 2.32. The van der Waals surface area contributed by atoms with E-state index in [0.29, 0.717) is 22.5 Å². The van der Waals surface area contributed by atoms with Gasteiger partial charge in [-0.25, -0.2) is 13.6 Å². The van der Waals surface area contributed by atoms with Crippen LogP contribution in [-0.4, -0.2) is 52.5 Å². The number of rotatable bonds is 5. The van der Waals surface area contributed by atoms with Crippen molar-refractivity contribution in [1.29, 1.82) is 0 Å². The quantitative estimate of drug-likeness (QED) is 0.489. The summed E-state index contributed by atoms with van der Waals surface area (Å²) in [6.45, 7) is 7.98. The molecule has 1 N–H and O–H groups in total. The average molecular weight is 516 g/mol. The fourth-order valence-corrected chi connectivity index (χ4v) is 4.22. The van der Waals surface area contributed by atoms with E-state index in [4.69, 9.17) is 13.9 Å². The third-order valence-electron chi connectivity index (χ3n) is 6.11. The van der Waals surface area contributed by atoms with Gasteiger partial charge >= 0.3 is 6.09 Å². The van der Waals surface area contributed by atoms with E-state index in [9.17, 15) is 18.4 Å². The molecule has 0 saturated carbocycles. The zero-order chi connectivity index (χ0) is 27.0. The van der Waals surface area contributed by atoms with E-state index in [1.807, 2.05) is 19.1 Å². The number of nitrogens with one attached hydrogen (secondary N) is 1. The van der Waals surface area contributed by atoms with Crippen molar-refractivity contribution in [3.05, 3.63) is 59.1 Å². The van der Waals surface area contributed by atoms with Crippen LogP contribution in [0, 0.1) is 13.8 Å². The predicted octanol–water partition coefficient (Wildman–Crippen LogP) is 5.40. The van der Waals surface area contributed by atoms with Crippen LogP contribution in [-0.2, 0) is 11.3 Å². The number of benzene rings is 1. The third kappa shape index (κ3) is 6.00. The molecule has 8 nitrogen and oxygen atoms in total. The van der Waals surface area contributed by atoms with Gasteiger partial charge in [0.2, 0.25) is 0 Å². The van der Waals surface area contributed by atoms with Crippen LogP contribution < -0.4 is 10.1 Å². The number of furan rings is 1. The lowest BCUT2D eigenvalue weighted by Crippen LogP contribution is -2.59. The van der Waals surface area contributed by atoms with Crippen LogP contribution in [0.25, 0.3) is 11.0 Å². The second-order valence-corrected chi connectivity index (χ2v) is 10.2. The lowest BCUT2D eigenvalue weighted by Gasteiger charge is -2.38. The number of pyridine rings is 1. The summed E-state index contributed by atoms with van der Waals surface area (Å²) in [4.78, 5) is 30.7. The van der Waals surface area contributed by atoms with Gasteiger partial charge in [-0.05, 0) is 70.9 Å². The van der Waals surface area contributed by atoms with E-state index in [0.717, 1.165) is 16.2 Å². The number of aromatic nitrogens is 1. The molecule has 4 rings (SSSR count). The summed E-state index contributed by atoms with van der Waals surface area (Å²) < 4.78 is 46.7. The number of likely N-dealkylation sites (tertiary alicyclic amines) is 1. The minimum atomic E-state index is -3.34. The molecule has 1 aliphatic heterocycles. The van der Waals surface area contributed by atoms with E-state index >= 15 is 0 Å². The highest BCUT2D eigenvalue weighted by Gasteiger charge is 2.47. The number of ether oxygens (including phenoxy) is 2. The summed E-state index contributed by atoms with van der Waals surface area (Å²) in [5.41, 5.74) is 1.58. The molecule has 1 saturated heterocycles. The minimum Gasteiger partial charge on any atom is -0.487 e. The number of aryl methyl sites for hydroxylation is 2. The smallest absolute Gasteiger partial charge is 0.410 e. The molecule has 1 aromatic carbocycles. The van der Waals surface area contributed by atoms with E-state index in [2.05, 4.69) is 10.3 Å². The molecule has 1 unspecified atom stereocenters. The molecule has 37 heavy (non-hydrogen) atoms. The summed E-state index contributed by atoms with van der Waals surface area (Å²) in [5, 5.41) is 2.92. The second kappa shape index (κ2) is 9.99. The van der Waals surface area contributed by atoms with E-state index in [1.54, 1.807) is 52.1 Å². The number of carbonyl (C=O) groups excluding carboxylic acids is 2. The van der Waals surface area contributed by atoms with E-state index < -0.39 is 36.1 Å². The summed E-state index contributed by atoms with van der Waals surface area (Å²) in [7, 11) is 0. The first-order chi connectivity index (χ1) is 17.3. The van der Waals surface area contributed by atoms with Crippen molar-refractivity contribution in [2.24, 2.45) is 0 Å². The topological polar surface area (TPSA) is 93.9 Å². The number of halogens is 2. The fourth-order valence-electron chi connectivity index (χ4n) is 4.22. The molecule has 3 heterocycles. The monoisotopic (exact) mass is 515 g/mol. The van der Waals surface area contributed by atoms with Gasteiger partial charge in [0, 0.05) is 18.1 Å². The molecule has 2 aromatic heterocycles. The normalized spacial score (nSPS) is 17.5. The lowest BCUT2D eigenvalue weighted by atomic mass is 10.00. The number of carbonyl (C=O) groups is 2. The van der Waals surface area contributed by atoms with Crippen molar-refractivity contribution in [2.75, 3.05) is 13.1 Å². The Morgan fingerprint density at radius 1 is 1.24 bits per heavy atom. The summed E-state index contributed by atoms with van der Waals surface area (Å²) in [6.07, 6.45) is 0.761. The Labute approximate surface area is 213 Å². The van der Waals surface area contributed by atoms with Gasteiger partial charge in [-0.2, -0.15) is 0 Å². The van der Waals surface area contributed by atoms with Gasteiger partial charge in [-0.1, -0.05) is 6.07 Å². The molecule has 2 amide bonds. The Kier molecular flexibility index (Phi) is 7.12. The number of piperidine rings is 1. The van der Waals surface area contributed by atoms with Crippen molar-refractivity contribution in [3.8, 4) is 5.75 Å². The Bertz CT molecular complexity index is 1320. The van der Waals surface area contributed by atoms with Crippen molar-refractivity contribution in [2.45, 2.75) is 65.2 Å². The fraction of sp³-hybridized carbons (Fsp3) is 0.444. The number of alkyl halides is 2. The Morgan fingerprint density at radius 2 is 2.00 bits per heavy atom. The number of nitrogens with zero attached hydrogens (tertiary/aromatic N) is 2. The molecule has 0 bridgehead atoms. The predicted molar refractivity (Wildman–Crippen MR) is 133 cm³/mol. The van der Waals surface area contributed by atoms with Gasteiger partial charge in [0.1, 0.15) is 29.3 Å². The van der Waals surface area contributed by atoms with Gasteiger partial charge in [-0.3, -0.25) is 9.78 Å². The average Bonchev–Trinajstić information content (AvgIpc) is 3.13. The summed E-state index contributed by atoms with van der Waals surface area (Å²) >= 11 is 0. The molecule has 10 heteroatoms. The summed E-state index contributed by atoms with van der Waals surface area (Å²) in [5.74, 6) is -3.22. The number of amides is 2. The minimum absolute atomic E-state index is 0.0332. The second-order valence-electron chi connectivity index (χ2n) is 10.2. The maximum Gasteiger partial charge on any atom is 0.410 e. The molecule has 0 spiro atoms. The SMILES string of the molecule is Cc1cccnc1COc1ccc2oc(C)c(C(=O)NC3CCN(C(=O)OC(C)(C)C)CC3(F)F)c2c1. The lowest BCUT2D eigenvalue weighted by molar-refractivity contribution is -0.0889. The zero-order valence-electron chi connectivity index (χ0n) is 21.6. The van der Waals surface area contributed by atoms with Gasteiger partial charge < -0.3 is 24.1 Å². The molecule has 0 radical (unpaired) electrons. The Hall–Kier alpha value is -3.69. The Balaban J connectivity index is 1.48. The molecular weight excluding hydrogens is 484 g/mol. The standard InChI is InChI=1S/C27H31F2N3O5/c1-16-7-6-11-30-20(16)14-35-18-8-9-21-19(13-18)23(17(2)36-21)24(33)31-22-10-12-32(15-27(22,28)29)25(34)37-26(3,4)5/h6-9,11,13,22H,10,12,14-15H2,1-5H3,(H,31,33). The van der Waals surface area contributed by atoms with Crippen LogP contribution in [0.5, 0.6) is 5.75 Å². The van der Waals surface area contributed by atoms with Gasteiger partial charge in [0.05, 0.1) is 23.8 Å². The molecule has 1 fully saturated rings. The van der Waals surface area contributed by atoms with Crippen LogP contribution in [0.3, 0.4) is 0 Å². The van der Waals surface area contributed by atoms with Crippen LogP contribution >= 0.6 is 0 Å². The van der Waals surface area contributed by atoms with Crippen LogP contribution in [0.4, 0.5) is 13.6 Å². The van der Waals surface area contributed by atoms with Crippen molar-refractivity contribution >= 4 is 23.0 Å². The van der Waals surface area contributed by atoms with Crippen molar-refractivity contribution in [1.82, 2.24) is 15.2 Å². The first kappa shape index (κ1) is 26.4. The first-order valence-electron chi connectivity index (χ1n) is 12.1. The molecule has 0 aliphatic carbocycles.